The summed E-state index contributed by atoms with van der Waals surface area (Å²) in [6.07, 6.45) is -1.56. The van der Waals surface area contributed by atoms with Crippen LogP contribution >= 0.6 is 0 Å². The van der Waals surface area contributed by atoms with E-state index in [-0.39, 0.29) is 53.8 Å². The fourth-order valence-corrected chi connectivity index (χ4v) is 6.55. The van der Waals surface area contributed by atoms with Crippen molar-refractivity contribution in [2.45, 2.75) is 77.2 Å². The second-order valence-corrected chi connectivity index (χ2v) is 13.2. The first-order valence-electron chi connectivity index (χ1n) is 14.3. The van der Waals surface area contributed by atoms with Crippen LogP contribution in [-0.4, -0.2) is 23.1 Å². The van der Waals surface area contributed by atoms with Crippen LogP contribution in [0.1, 0.15) is 74.8 Å². The average molecular weight is 583 g/mol. The van der Waals surface area contributed by atoms with E-state index in [2.05, 4.69) is 4.98 Å². The highest BCUT2D eigenvalue weighted by molar-refractivity contribution is 5.80. The lowest BCUT2D eigenvalue weighted by Gasteiger charge is -2.41. The molecule has 3 aliphatic rings. The maximum absolute atomic E-state index is 16.2. The number of rotatable bonds is 5. The van der Waals surface area contributed by atoms with E-state index in [9.17, 15) is 18.0 Å². The van der Waals surface area contributed by atoms with Crippen molar-refractivity contribution >= 4 is 17.3 Å². The number of fused-ring (bicyclic) bond motifs is 4. The van der Waals surface area contributed by atoms with Gasteiger partial charge in [-0.15, -0.1) is 0 Å². The third kappa shape index (κ3) is 5.01. The van der Waals surface area contributed by atoms with Crippen molar-refractivity contribution in [3.8, 4) is 5.88 Å². The van der Waals surface area contributed by atoms with Gasteiger partial charge in [0, 0.05) is 30.3 Å². The van der Waals surface area contributed by atoms with Crippen LogP contribution in [-0.2, 0) is 34.2 Å². The van der Waals surface area contributed by atoms with E-state index in [1.807, 2.05) is 40.7 Å². The van der Waals surface area contributed by atoms with Gasteiger partial charge >= 0.3 is 12.1 Å². The van der Waals surface area contributed by atoms with Gasteiger partial charge in [0.2, 0.25) is 5.88 Å². The molecule has 3 atom stereocenters. The third-order valence-corrected chi connectivity index (χ3v) is 8.69. The molecule has 1 saturated carbocycles. The van der Waals surface area contributed by atoms with Crippen LogP contribution in [0.2, 0.25) is 0 Å². The number of halogens is 4. The SMILES string of the molecule is CC(C)(C)OC(=O)[C@H]1[C@@H]2Cc3cc(OCc4ccc5c(c4F)N(c4ccccc4C(F)(F)F)CCC5(C)C)ncc3[C@@H]21. The Kier molecular flexibility index (Phi) is 6.59. The highest BCUT2D eigenvalue weighted by Gasteiger charge is 2.61. The van der Waals surface area contributed by atoms with Crippen LogP contribution in [0.25, 0.3) is 0 Å². The quantitative estimate of drug-likeness (QED) is 0.226. The minimum absolute atomic E-state index is 0.0674. The summed E-state index contributed by atoms with van der Waals surface area (Å²) < 4.78 is 69.4. The maximum atomic E-state index is 16.2. The fourth-order valence-electron chi connectivity index (χ4n) is 6.55. The Hall–Kier alpha value is -3.62. The Balaban J connectivity index is 1.24. The lowest BCUT2D eigenvalue weighted by molar-refractivity contribution is -0.157. The van der Waals surface area contributed by atoms with E-state index in [0.29, 0.717) is 17.9 Å². The first-order valence-corrected chi connectivity index (χ1v) is 14.3. The van der Waals surface area contributed by atoms with Crippen LogP contribution in [0.5, 0.6) is 5.88 Å². The van der Waals surface area contributed by atoms with Crippen molar-refractivity contribution in [1.29, 1.82) is 0 Å². The Labute approximate surface area is 242 Å². The molecule has 2 heterocycles. The molecule has 0 spiro atoms. The van der Waals surface area contributed by atoms with E-state index in [4.69, 9.17) is 9.47 Å². The first kappa shape index (κ1) is 28.5. The van der Waals surface area contributed by atoms with Crippen molar-refractivity contribution in [1.82, 2.24) is 4.98 Å². The summed E-state index contributed by atoms with van der Waals surface area (Å²) in [4.78, 5) is 18.4. The van der Waals surface area contributed by atoms with Crippen molar-refractivity contribution in [3.05, 3.63) is 82.3 Å². The number of ether oxygens (including phenoxy) is 2. The standard InChI is InChI=1S/C33H34F4N2O3/c1-31(2,3)42-30(40)27-20-14-19-15-25(38-16-21(19)26(20)27)41-17-18-10-11-23-29(28(18)34)39(13-12-32(23,4)5)24-9-7-6-8-22(24)33(35,36)37/h6-11,15-16,20,26-27H,12-14,17H2,1-5H3/t20-,26-,27+/m1/s1. The number of hydrogen-bond acceptors (Lipinski definition) is 5. The summed E-state index contributed by atoms with van der Waals surface area (Å²) in [6.45, 7) is 9.62. The fraction of sp³-hybridized carbons (Fsp3) is 0.455. The third-order valence-electron chi connectivity index (χ3n) is 8.69. The zero-order valence-electron chi connectivity index (χ0n) is 24.3. The number of alkyl halides is 3. The number of aromatic nitrogens is 1. The van der Waals surface area contributed by atoms with E-state index in [0.717, 1.165) is 23.6 Å². The van der Waals surface area contributed by atoms with Gasteiger partial charge in [-0.1, -0.05) is 38.1 Å². The molecule has 42 heavy (non-hydrogen) atoms. The monoisotopic (exact) mass is 582 g/mol. The number of para-hydroxylation sites is 1. The molecule has 1 aromatic heterocycles. The van der Waals surface area contributed by atoms with Crippen molar-refractivity contribution < 1.29 is 31.8 Å². The molecule has 0 unspecified atom stereocenters. The zero-order valence-corrected chi connectivity index (χ0v) is 24.3. The molecule has 0 bridgehead atoms. The molecular formula is C33H34F4N2O3. The molecule has 3 aromatic rings. The molecule has 5 nitrogen and oxygen atoms in total. The van der Waals surface area contributed by atoms with Crippen LogP contribution in [0.4, 0.5) is 28.9 Å². The molecule has 0 N–H and O–H groups in total. The van der Waals surface area contributed by atoms with Gasteiger partial charge in [0.25, 0.3) is 0 Å². The van der Waals surface area contributed by atoms with Gasteiger partial charge in [0.15, 0.2) is 5.82 Å². The summed E-state index contributed by atoms with van der Waals surface area (Å²) in [5.74, 6) is -0.297. The summed E-state index contributed by atoms with van der Waals surface area (Å²) in [5.41, 5.74) is 1.29. The second kappa shape index (κ2) is 9.71. The highest BCUT2D eigenvalue weighted by Crippen LogP contribution is 2.62. The highest BCUT2D eigenvalue weighted by atomic mass is 19.4. The van der Waals surface area contributed by atoms with Gasteiger partial charge in [0.05, 0.1) is 22.9 Å². The van der Waals surface area contributed by atoms with Crippen LogP contribution in [0.3, 0.4) is 0 Å². The number of carbonyl (C=O) groups is 1. The number of esters is 1. The summed E-state index contributed by atoms with van der Waals surface area (Å²) in [5, 5.41) is 0. The van der Waals surface area contributed by atoms with E-state index in [1.54, 1.807) is 18.3 Å². The smallest absolute Gasteiger partial charge is 0.418 e. The number of hydrogen-bond donors (Lipinski definition) is 0. The zero-order chi connectivity index (χ0) is 30.2. The summed E-state index contributed by atoms with van der Waals surface area (Å²) in [6, 6.07) is 10.6. The molecule has 222 valence electrons. The lowest BCUT2D eigenvalue weighted by Crippen LogP contribution is -2.36. The number of benzene rings is 2. The molecular weight excluding hydrogens is 548 g/mol. The molecule has 2 aliphatic carbocycles. The molecule has 9 heteroatoms. The van der Waals surface area contributed by atoms with Crippen molar-refractivity contribution in [2.24, 2.45) is 11.8 Å². The summed E-state index contributed by atoms with van der Waals surface area (Å²) >= 11 is 0. The van der Waals surface area contributed by atoms with Gasteiger partial charge in [-0.2, -0.15) is 13.2 Å². The predicted molar refractivity (Wildman–Crippen MR) is 150 cm³/mol. The van der Waals surface area contributed by atoms with Gasteiger partial charge < -0.3 is 14.4 Å². The molecule has 6 rings (SSSR count). The Morgan fingerprint density at radius 3 is 2.57 bits per heavy atom. The van der Waals surface area contributed by atoms with Gasteiger partial charge in [-0.3, -0.25) is 4.79 Å². The Morgan fingerprint density at radius 1 is 1.12 bits per heavy atom. The van der Waals surface area contributed by atoms with E-state index >= 15 is 4.39 Å². The number of pyridine rings is 1. The first-order chi connectivity index (χ1) is 19.7. The largest absolute Gasteiger partial charge is 0.473 e. The maximum Gasteiger partial charge on any atom is 0.418 e. The van der Waals surface area contributed by atoms with Crippen molar-refractivity contribution in [2.75, 3.05) is 11.4 Å². The van der Waals surface area contributed by atoms with Crippen LogP contribution in [0, 0.1) is 17.7 Å². The number of carbonyl (C=O) groups excluding carboxylic acids is 1. The van der Waals surface area contributed by atoms with Gasteiger partial charge in [0.1, 0.15) is 12.2 Å². The lowest BCUT2D eigenvalue weighted by atomic mass is 9.77. The average Bonchev–Trinajstić information content (AvgIpc) is 3.49. The van der Waals surface area contributed by atoms with E-state index < -0.39 is 28.6 Å². The summed E-state index contributed by atoms with van der Waals surface area (Å²) in [7, 11) is 0. The Bertz CT molecular complexity index is 1560. The van der Waals surface area contributed by atoms with Crippen LogP contribution < -0.4 is 9.64 Å². The molecule has 1 fully saturated rings. The normalized spacial score (nSPS) is 22.2. The number of anilines is 2. The predicted octanol–water partition coefficient (Wildman–Crippen LogP) is 7.87. The molecule has 1 aliphatic heterocycles. The minimum atomic E-state index is -4.58. The number of nitrogens with zero attached hydrogens (tertiary/aromatic N) is 2. The Morgan fingerprint density at radius 2 is 1.86 bits per heavy atom. The molecule has 0 amide bonds. The van der Waals surface area contributed by atoms with E-state index in [1.165, 1.54) is 23.1 Å². The molecule has 2 aromatic carbocycles. The van der Waals surface area contributed by atoms with Crippen LogP contribution in [0.15, 0.2) is 48.7 Å². The minimum Gasteiger partial charge on any atom is -0.473 e. The van der Waals surface area contributed by atoms with Crippen molar-refractivity contribution in [3.63, 3.8) is 0 Å². The van der Waals surface area contributed by atoms with Gasteiger partial charge in [-0.05, 0) is 73.8 Å². The van der Waals surface area contributed by atoms with Gasteiger partial charge in [-0.25, -0.2) is 9.37 Å². The molecule has 0 saturated heterocycles. The molecule has 0 radical (unpaired) electrons. The topological polar surface area (TPSA) is 51.7 Å². The second-order valence-electron chi connectivity index (χ2n) is 13.2.